The van der Waals surface area contributed by atoms with Crippen molar-refractivity contribution < 1.29 is 36.7 Å². The molecule has 204 valence electrons. The quantitative estimate of drug-likeness (QED) is 0.137. The first-order chi connectivity index (χ1) is 17.4. The summed E-state index contributed by atoms with van der Waals surface area (Å²) in [5.41, 5.74) is 2.91. The maximum atomic E-state index is 13.4. The molecule has 1 heterocycles. The minimum Gasteiger partial charge on any atom is -0.371 e. The van der Waals surface area contributed by atoms with E-state index in [0.29, 0.717) is 18.4 Å². The number of ether oxygens (including phenoxy) is 4. The molecule has 1 aromatic carbocycles. The first kappa shape index (κ1) is 28.5. The number of hydrogen-bond donors (Lipinski definition) is 1. The van der Waals surface area contributed by atoms with Gasteiger partial charge in [-0.1, -0.05) is 49.7 Å². The zero-order valence-electron chi connectivity index (χ0n) is 22.3. The van der Waals surface area contributed by atoms with Crippen LogP contribution in [0.3, 0.4) is 0 Å². The molecule has 1 aromatic rings. The van der Waals surface area contributed by atoms with E-state index in [1.807, 2.05) is 6.92 Å². The Morgan fingerprint density at radius 2 is 1.78 bits per heavy atom. The molecule has 0 aromatic heterocycles. The second-order valence-electron chi connectivity index (χ2n) is 11.2. The van der Waals surface area contributed by atoms with Gasteiger partial charge in [-0.15, -0.1) is 5.54 Å². The molecule has 1 spiro atoms. The molecule has 0 amide bonds. The molecule has 1 aliphatic heterocycles. The van der Waals surface area contributed by atoms with Gasteiger partial charge in [0.05, 0.1) is 11.5 Å². The summed E-state index contributed by atoms with van der Waals surface area (Å²) in [6.45, 7) is 8.11. The smallest absolute Gasteiger partial charge is 0.297 e. The van der Waals surface area contributed by atoms with Crippen LogP contribution in [0.5, 0.6) is 0 Å². The third kappa shape index (κ3) is 6.54. The van der Waals surface area contributed by atoms with Crippen LogP contribution in [-0.4, -0.2) is 71.8 Å². The monoisotopic (exact) mass is 550 g/mol. The van der Waals surface area contributed by atoms with Crippen molar-refractivity contribution in [2.24, 2.45) is 0 Å². The van der Waals surface area contributed by atoms with Gasteiger partial charge in [0.1, 0.15) is 33.2 Å². The average Bonchev–Trinajstić information content (AvgIpc) is 3.20. The van der Waals surface area contributed by atoms with Crippen LogP contribution in [0.25, 0.3) is 0 Å². The molecule has 4 atom stereocenters. The van der Waals surface area contributed by atoms with E-state index < -0.39 is 47.9 Å². The van der Waals surface area contributed by atoms with E-state index in [1.54, 1.807) is 12.1 Å². The van der Waals surface area contributed by atoms with Crippen LogP contribution in [-0.2, 0) is 33.2 Å². The van der Waals surface area contributed by atoms with Gasteiger partial charge >= 0.3 is 0 Å². The van der Waals surface area contributed by atoms with Crippen LogP contribution >= 0.6 is 0 Å². The zero-order chi connectivity index (χ0) is 26.9. The van der Waals surface area contributed by atoms with Gasteiger partial charge in [-0.3, -0.25) is 4.18 Å². The summed E-state index contributed by atoms with van der Waals surface area (Å²) in [7, 11) is -4.53. The van der Waals surface area contributed by atoms with Crippen LogP contribution in [0.4, 0.5) is 0 Å². The van der Waals surface area contributed by atoms with Crippen molar-refractivity contribution >= 4 is 18.2 Å². The van der Waals surface area contributed by atoms with Crippen molar-refractivity contribution in [3.63, 3.8) is 0 Å². The van der Waals surface area contributed by atoms with Gasteiger partial charge in [0, 0.05) is 20.0 Å². The van der Waals surface area contributed by atoms with Crippen molar-refractivity contribution in [1.29, 1.82) is 0 Å². The highest BCUT2D eigenvalue weighted by atomic mass is 32.2. The molecule has 4 rings (SSSR count). The Hall–Kier alpha value is -1.55. The highest BCUT2D eigenvalue weighted by molar-refractivity contribution is 7.86. The first-order valence-electron chi connectivity index (χ1n) is 12.8. The van der Waals surface area contributed by atoms with Crippen molar-refractivity contribution in [3.05, 3.63) is 41.5 Å². The number of aliphatic hydroxyl groups is 1. The van der Waals surface area contributed by atoms with E-state index in [9.17, 15) is 13.5 Å². The number of benzene rings is 1. The lowest BCUT2D eigenvalue weighted by atomic mass is 9.81. The Bertz CT molecular complexity index is 1160. The van der Waals surface area contributed by atoms with Crippen LogP contribution in [0.2, 0.25) is 19.6 Å². The fraction of sp³-hybridized carbons (Fsp3) is 0.630. The van der Waals surface area contributed by atoms with Crippen LogP contribution < -0.4 is 0 Å². The molecule has 0 bridgehead atoms. The van der Waals surface area contributed by atoms with E-state index >= 15 is 0 Å². The fourth-order valence-electron chi connectivity index (χ4n) is 4.96. The molecule has 1 N–H and O–H groups in total. The summed E-state index contributed by atoms with van der Waals surface area (Å²) >= 11 is 0. The lowest BCUT2D eigenvalue weighted by Gasteiger charge is -2.38. The second-order valence-corrected chi connectivity index (χ2v) is 17.5. The predicted molar refractivity (Wildman–Crippen MR) is 141 cm³/mol. The van der Waals surface area contributed by atoms with Crippen LogP contribution in [0.1, 0.15) is 37.7 Å². The molecule has 10 heteroatoms. The van der Waals surface area contributed by atoms with E-state index in [2.05, 4.69) is 31.1 Å². The molecule has 1 saturated heterocycles. The number of rotatable bonds is 7. The molecule has 2 fully saturated rings. The first-order valence-corrected chi connectivity index (χ1v) is 17.7. The van der Waals surface area contributed by atoms with Crippen molar-refractivity contribution in [1.82, 2.24) is 0 Å². The summed E-state index contributed by atoms with van der Waals surface area (Å²) < 4.78 is 56.2. The maximum absolute atomic E-state index is 13.4. The molecule has 3 aliphatic rings. The van der Waals surface area contributed by atoms with E-state index in [1.165, 1.54) is 25.3 Å². The summed E-state index contributed by atoms with van der Waals surface area (Å²) in [6.07, 6.45) is 2.88. The summed E-state index contributed by atoms with van der Waals surface area (Å²) in [5.74, 6) is 2.16. The van der Waals surface area contributed by atoms with Gasteiger partial charge in [0.15, 0.2) is 11.4 Å². The molecular weight excluding hydrogens is 512 g/mol. The molecule has 37 heavy (non-hydrogen) atoms. The predicted octanol–water partition coefficient (Wildman–Crippen LogP) is 3.69. The average molecular weight is 551 g/mol. The summed E-state index contributed by atoms with van der Waals surface area (Å²) in [5, 5.41) is 11.9. The van der Waals surface area contributed by atoms with Crippen LogP contribution in [0.15, 0.2) is 40.8 Å². The Balaban J connectivity index is 1.77. The number of methoxy groups -OCH3 is 1. The third-order valence-electron chi connectivity index (χ3n) is 6.76. The SMILES string of the molecule is COCOCC1=C[C@](O)(C#C[Si](C)(C)C)[C@H]2OC3(CCCCC3)O[C@H]2[C@@H]1OS(=O)(=O)c1ccc(C)cc1. The molecule has 0 radical (unpaired) electrons. The summed E-state index contributed by atoms with van der Waals surface area (Å²) in [4.78, 5) is 0.0393. The Morgan fingerprint density at radius 3 is 2.41 bits per heavy atom. The molecule has 1 saturated carbocycles. The summed E-state index contributed by atoms with van der Waals surface area (Å²) in [6, 6.07) is 6.46. The Kier molecular flexibility index (Phi) is 8.39. The Morgan fingerprint density at radius 1 is 1.11 bits per heavy atom. The van der Waals surface area contributed by atoms with E-state index in [4.69, 9.17) is 23.1 Å². The number of hydrogen-bond acceptors (Lipinski definition) is 8. The largest absolute Gasteiger partial charge is 0.371 e. The van der Waals surface area contributed by atoms with Gasteiger partial charge < -0.3 is 24.1 Å². The standard InChI is InChI=1S/C27H38O8SSi/c1-20-9-11-22(12-10-20)36(29,30)35-23-21(18-32-19-31-2)17-26(28,15-16-37(3,4)5)25-24(23)33-27(34-25)13-7-6-8-14-27/h9-12,17,23-25,28H,6-8,13-14,18-19H2,1-5H3/t23-,24+,25+,26-/m1/s1. The highest BCUT2D eigenvalue weighted by Crippen LogP contribution is 2.48. The van der Waals surface area contributed by atoms with Gasteiger partial charge in [0.2, 0.25) is 0 Å². The third-order valence-corrected chi connectivity index (χ3v) is 8.94. The lowest BCUT2D eigenvalue weighted by molar-refractivity contribution is -0.203. The lowest BCUT2D eigenvalue weighted by Crippen LogP contribution is -2.56. The maximum Gasteiger partial charge on any atom is 0.297 e. The highest BCUT2D eigenvalue weighted by Gasteiger charge is 2.61. The Labute approximate surface area is 221 Å². The molecule has 2 aliphatic carbocycles. The van der Waals surface area contributed by atoms with Crippen molar-refractivity contribution in [2.45, 2.75) is 93.3 Å². The van der Waals surface area contributed by atoms with Crippen LogP contribution in [0, 0.1) is 18.4 Å². The van der Waals surface area contributed by atoms with Gasteiger partial charge in [-0.25, -0.2) is 0 Å². The van der Waals surface area contributed by atoms with E-state index in [0.717, 1.165) is 24.8 Å². The fourth-order valence-corrected chi connectivity index (χ4v) is 6.62. The normalized spacial score (nSPS) is 29.4. The van der Waals surface area contributed by atoms with E-state index in [-0.39, 0.29) is 18.3 Å². The minimum absolute atomic E-state index is 0.0107. The van der Waals surface area contributed by atoms with Crippen molar-refractivity contribution in [2.75, 3.05) is 20.5 Å². The van der Waals surface area contributed by atoms with Gasteiger partial charge in [-0.05, 0) is 43.5 Å². The molecule has 8 nitrogen and oxygen atoms in total. The van der Waals surface area contributed by atoms with Gasteiger partial charge in [-0.2, -0.15) is 8.42 Å². The minimum atomic E-state index is -4.17. The molecule has 0 unspecified atom stereocenters. The number of fused-ring (bicyclic) bond motifs is 1. The topological polar surface area (TPSA) is 101 Å². The second kappa shape index (κ2) is 10.9. The number of aryl methyl sites for hydroxylation is 1. The zero-order valence-corrected chi connectivity index (χ0v) is 24.1. The van der Waals surface area contributed by atoms with Gasteiger partial charge in [0.25, 0.3) is 10.1 Å². The van der Waals surface area contributed by atoms with Crippen molar-refractivity contribution in [3.8, 4) is 11.5 Å². The molecular formula is C27H38O8SSi.